The number of nitrogens with one attached hydrogen (secondary N) is 1. The minimum absolute atomic E-state index is 0.00777. The summed E-state index contributed by atoms with van der Waals surface area (Å²) in [5, 5.41) is 11.6. The molecule has 98 valence electrons. The summed E-state index contributed by atoms with van der Waals surface area (Å²) in [6.07, 6.45) is 6.07. The van der Waals surface area contributed by atoms with Crippen LogP contribution in [0, 0.1) is 11.3 Å². The van der Waals surface area contributed by atoms with Crippen molar-refractivity contribution in [1.29, 1.82) is 5.26 Å². The topological polar surface area (TPSA) is 55.9 Å². The number of hydrogen-bond acceptors (Lipinski definition) is 2. The smallest absolute Gasteiger partial charge is 0.315 e. The van der Waals surface area contributed by atoms with Crippen LogP contribution in [0.15, 0.2) is 24.3 Å². The van der Waals surface area contributed by atoms with Gasteiger partial charge in [-0.25, -0.2) is 4.79 Å². The van der Waals surface area contributed by atoms with Gasteiger partial charge in [-0.3, -0.25) is 0 Å². The zero-order valence-corrected chi connectivity index (χ0v) is 10.9. The van der Waals surface area contributed by atoms with E-state index in [1.807, 2.05) is 4.90 Å². The van der Waals surface area contributed by atoms with Gasteiger partial charge in [-0.1, -0.05) is 19.3 Å². The molecule has 1 aromatic carbocycles. The summed E-state index contributed by atoms with van der Waals surface area (Å²) in [7, 11) is 0. The Hall–Kier alpha value is -2.02. The molecule has 4 nitrogen and oxygen atoms in total. The van der Waals surface area contributed by atoms with Crippen LogP contribution in [0.2, 0.25) is 0 Å². The second-order valence-electron chi connectivity index (χ2n) is 5.49. The van der Waals surface area contributed by atoms with E-state index in [9.17, 15) is 4.79 Å². The maximum absolute atomic E-state index is 12.2. The van der Waals surface area contributed by atoms with Crippen molar-refractivity contribution in [2.75, 3.05) is 11.9 Å². The van der Waals surface area contributed by atoms with E-state index in [1.54, 1.807) is 24.3 Å². The molecule has 1 N–H and O–H groups in total. The molecule has 19 heavy (non-hydrogen) atoms. The van der Waals surface area contributed by atoms with Crippen LogP contribution in [-0.4, -0.2) is 23.0 Å². The molecule has 1 saturated carbocycles. The van der Waals surface area contributed by atoms with Crippen molar-refractivity contribution in [1.82, 2.24) is 4.90 Å². The Morgan fingerprint density at radius 1 is 1.21 bits per heavy atom. The van der Waals surface area contributed by atoms with Crippen molar-refractivity contribution < 1.29 is 4.79 Å². The molecule has 0 radical (unpaired) electrons. The van der Waals surface area contributed by atoms with Gasteiger partial charge >= 0.3 is 6.03 Å². The highest BCUT2D eigenvalue weighted by Gasteiger charge is 2.54. The van der Waals surface area contributed by atoms with E-state index < -0.39 is 0 Å². The molecular formula is C15H17N3O. The summed E-state index contributed by atoms with van der Waals surface area (Å²) >= 11 is 0. The number of benzene rings is 1. The number of amides is 2. The number of carbonyl (C=O) groups is 1. The van der Waals surface area contributed by atoms with Crippen LogP contribution in [-0.2, 0) is 0 Å². The van der Waals surface area contributed by atoms with E-state index in [4.69, 9.17) is 5.26 Å². The van der Waals surface area contributed by atoms with E-state index in [2.05, 4.69) is 11.4 Å². The summed E-state index contributed by atoms with van der Waals surface area (Å²) in [5.74, 6) is 0. The Kier molecular flexibility index (Phi) is 2.90. The third-order valence-corrected chi connectivity index (χ3v) is 4.22. The minimum Gasteiger partial charge on any atom is -0.315 e. The Bertz CT molecular complexity index is 523. The lowest BCUT2D eigenvalue weighted by Crippen LogP contribution is -2.29. The lowest BCUT2D eigenvalue weighted by atomic mass is 9.89. The number of nitriles is 1. The molecule has 1 aliphatic heterocycles. The molecule has 1 heterocycles. The third-order valence-electron chi connectivity index (χ3n) is 4.22. The molecule has 2 fully saturated rings. The van der Waals surface area contributed by atoms with Crippen LogP contribution in [0.5, 0.6) is 0 Å². The van der Waals surface area contributed by atoms with Crippen molar-refractivity contribution in [2.24, 2.45) is 0 Å². The molecule has 1 aliphatic carbocycles. The minimum atomic E-state index is -0.00777. The Balaban J connectivity index is 1.61. The van der Waals surface area contributed by atoms with Gasteiger partial charge in [-0.2, -0.15) is 5.26 Å². The molecule has 0 unspecified atom stereocenters. The van der Waals surface area contributed by atoms with E-state index in [1.165, 1.54) is 19.3 Å². The molecule has 3 rings (SSSR count). The molecule has 0 atom stereocenters. The summed E-state index contributed by atoms with van der Waals surface area (Å²) in [4.78, 5) is 14.1. The van der Waals surface area contributed by atoms with Crippen molar-refractivity contribution in [3.63, 3.8) is 0 Å². The van der Waals surface area contributed by atoms with Crippen LogP contribution >= 0.6 is 0 Å². The molecule has 0 bridgehead atoms. The monoisotopic (exact) mass is 255 g/mol. The zero-order chi connectivity index (χ0) is 13.3. The number of rotatable bonds is 1. The Labute approximate surface area is 113 Å². The van der Waals surface area contributed by atoms with Crippen LogP contribution in [0.3, 0.4) is 0 Å². The fourth-order valence-electron chi connectivity index (χ4n) is 3.00. The summed E-state index contributed by atoms with van der Waals surface area (Å²) in [5.41, 5.74) is 1.52. The molecule has 1 saturated heterocycles. The highest BCUT2D eigenvalue weighted by molar-refractivity contribution is 5.91. The largest absolute Gasteiger partial charge is 0.322 e. The molecule has 1 spiro atoms. The molecule has 1 aromatic rings. The highest BCUT2D eigenvalue weighted by Crippen LogP contribution is 2.45. The number of hydrogen-bond donors (Lipinski definition) is 1. The van der Waals surface area contributed by atoms with Crippen molar-refractivity contribution >= 4 is 11.7 Å². The first-order valence-electron chi connectivity index (χ1n) is 6.82. The van der Waals surface area contributed by atoms with Crippen molar-refractivity contribution in [3.8, 4) is 6.07 Å². The third kappa shape index (κ3) is 2.28. The van der Waals surface area contributed by atoms with Gasteiger partial charge in [0.15, 0.2) is 0 Å². The number of anilines is 1. The summed E-state index contributed by atoms with van der Waals surface area (Å²) in [6.45, 7) is 0.898. The number of carbonyl (C=O) groups excluding carboxylic acids is 1. The van der Waals surface area contributed by atoms with E-state index >= 15 is 0 Å². The van der Waals surface area contributed by atoms with Gasteiger partial charge < -0.3 is 10.2 Å². The zero-order valence-electron chi connectivity index (χ0n) is 10.9. The average molecular weight is 255 g/mol. The standard InChI is InChI=1S/C15H17N3O/c16-10-12-4-6-13(7-5-12)17-14(19)18-11-15(18)8-2-1-3-9-15/h4-7H,1-3,8-9,11H2,(H,17,19). The van der Waals surface area contributed by atoms with Crippen LogP contribution in [0.25, 0.3) is 0 Å². The van der Waals surface area contributed by atoms with Gasteiger partial charge in [0.1, 0.15) is 0 Å². The number of nitrogens with zero attached hydrogens (tertiary/aromatic N) is 2. The van der Waals surface area contributed by atoms with Gasteiger partial charge in [-0.05, 0) is 37.1 Å². The fourth-order valence-corrected chi connectivity index (χ4v) is 3.00. The molecular weight excluding hydrogens is 238 g/mol. The molecule has 2 aliphatic rings. The second-order valence-corrected chi connectivity index (χ2v) is 5.49. The normalized spacial score (nSPS) is 19.8. The molecule has 0 aromatic heterocycles. The number of urea groups is 1. The van der Waals surface area contributed by atoms with Gasteiger partial charge in [0.2, 0.25) is 0 Å². The lowest BCUT2D eigenvalue weighted by Gasteiger charge is -2.22. The van der Waals surface area contributed by atoms with Crippen LogP contribution in [0.1, 0.15) is 37.7 Å². The van der Waals surface area contributed by atoms with Crippen LogP contribution in [0.4, 0.5) is 10.5 Å². The van der Waals surface area contributed by atoms with Crippen molar-refractivity contribution in [2.45, 2.75) is 37.6 Å². The summed E-state index contributed by atoms with van der Waals surface area (Å²) < 4.78 is 0. The van der Waals surface area contributed by atoms with Gasteiger partial charge in [0.05, 0.1) is 17.2 Å². The SMILES string of the molecule is N#Cc1ccc(NC(=O)N2CC23CCCCC3)cc1. The highest BCUT2D eigenvalue weighted by atomic mass is 16.2. The first kappa shape index (κ1) is 12.0. The fraction of sp³-hybridized carbons (Fsp3) is 0.467. The van der Waals surface area contributed by atoms with E-state index in [0.717, 1.165) is 25.1 Å². The Morgan fingerprint density at radius 2 is 1.89 bits per heavy atom. The molecule has 4 heteroatoms. The maximum Gasteiger partial charge on any atom is 0.322 e. The van der Waals surface area contributed by atoms with Gasteiger partial charge in [0, 0.05) is 12.2 Å². The predicted octanol–water partition coefficient (Wildman–Crippen LogP) is 3.11. The van der Waals surface area contributed by atoms with Crippen molar-refractivity contribution in [3.05, 3.63) is 29.8 Å². The lowest BCUT2D eigenvalue weighted by molar-refractivity contribution is 0.228. The molecule has 2 amide bonds. The maximum atomic E-state index is 12.2. The van der Waals surface area contributed by atoms with E-state index in [0.29, 0.717) is 5.56 Å². The average Bonchev–Trinajstić information content (AvgIpc) is 3.14. The quantitative estimate of drug-likeness (QED) is 0.784. The van der Waals surface area contributed by atoms with E-state index in [-0.39, 0.29) is 11.6 Å². The second kappa shape index (κ2) is 4.58. The first-order chi connectivity index (χ1) is 9.23. The van der Waals surface area contributed by atoms with Gasteiger partial charge in [-0.15, -0.1) is 0 Å². The predicted molar refractivity (Wildman–Crippen MR) is 72.7 cm³/mol. The Morgan fingerprint density at radius 3 is 2.53 bits per heavy atom. The summed E-state index contributed by atoms with van der Waals surface area (Å²) in [6, 6.07) is 9.03. The first-order valence-corrected chi connectivity index (χ1v) is 6.82. The van der Waals surface area contributed by atoms with Crippen LogP contribution < -0.4 is 5.32 Å². The van der Waals surface area contributed by atoms with Gasteiger partial charge in [0.25, 0.3) is 0 Å².